The molecule has 65 heavy (non-hydrogen) atoms. The molecule has 14 heteroatoms. The van der Waals surface area contributed by atoms with Crippen LogP contribution in [0, 0.1) is 6.92 Å². The first-order valence-corrected chi connectivity index (χ1v) is 22.1. The van der Waals surface area contributed by atoms with Crippen LogP contribution in [-0.4, -0.2) is 63.3 Å². The molecule has 0 spiro atoms. The fourth-order valence-corrected chi connectivity index (χ4v) is 9.64. The summed E-state index contributed by atoms with van der Waals surface area (Å²) < 4.78 is 37.8. The normalized spacial score (nSPS) is 17.4. The number of nitrogens with one attached hydrogen (secondary N) is 1. The summed E-state index contributed by atoms with van der Waals surface area (Å²) in [5, 5.41) is 6.11. The van der Waals surface area contributed by atoms with Crippen molar-refractivity contribution in [2.24, 2.45) is 0 Å². The molecule has 1 fully saturated rings. The lowest BCUT2D eigenvalue weighted by atomic mass is 10.0. The first kappa shape index (κ1) is 43.5. The van der Waals surface area contributed by atoms with Crippen LogP contribution in [0.4, 0.5) is 22.7 Å². The van der Waals surface area contributed by atoms with Gasteiger partial charge in [0.25, 0.3) is 0 Å². The average molecular weight is 928 g/mol. The first-order valence-electron chi connectivity index (χ1n) is 20.5. The number of rotatable bonds is 12. The van der Waals surface area contributed by atoms with E-state index in [1.54, 1.807) is 117 Å². The Balaban J connectivity index is 1.25. The predicted molar refractivity (Wildman–Crippen MR) is 251 cm³/mol. The van der Waals surface area contributed by atoms with Gasteiger partial charge in [-0.1, -0.05) is 114 Å². The van der Waals surface area contributed by atoms with Crippen LogP contribution >= 0.6 is 35.0 Å². The van der Waals surface area contributed by atoms with Crippen LogP contribution in [0.2, 0.25) is 10.0 Å². The zero-order valence-corrected chi connectivity index (χ0v) is 37.5. The highest BCUT2D eigenvalue weighted by Crippen LogP contribution is 2.60. The van der Waals surface area contributed by atoms with E-state index < -0.39 is 42.4 Å². The molecule has 0 aromatic heterocycles. The molecule has 1 saturated heterocycles. The van der Waals surface area contributed by atoms with Crippen LogP contribution < -0.4 is 19.7 Å². The van der Waals surface area contributed by atoms with Gasteiger partial charge < -0.3 is 38.6 Å². The smallest absolute Gasteiger partial charge is 0.338 e. The second kappa shape index (κ2) is 18.8. The van der Waals surface area contributed by atoms with Crippen LogP contribution in [0.15, 0.2) is 155 Å². The molecule has 0 amide bonds. The van der Waals surface area contributed by atoms with Gasteiger partial charge in [0.2, 0.25) is 0 Å². The minimum absolute atomic E-state index is 0.255. The van der Waals surface area contributed by atoms with E-state index in [0.717, 1.165) is 21.2 Å². The number of ether oxygens (including phenoxy) is 6. The van der Waals surface area contributed by atoms with Gasteiger partial charge in [0.15, 0.2) is 24.2 Å². The van der Waals surface area contributed by atoms with Gasteiger partial charge in [-0.15, -0.1) is 0 Å². The molecule has 1 N–H and O–H groups in total. The molecular weight excluding hydrogens is 888 g/mol. The van der Waals surface area contributed by atoms with Crippen LogP contribution in [0.25, 0.3) is 10.8 Å². The van der Waals surface area contributed by atoms with Crippen molar-refractivity contribution in [3.63, 3.8) is 0 Å². The van der Waals surface area contributed by atoms with Gasteiger partial charge in [-0.05, 0) is 73.2 Å². The summed E-state index contributed by atoms with van der Waals surface area (Å²) in [6.07, 6.45) is -4.99. The molecule has 7 aromatic rings. The molecule has 2 aliphatic heterocycles. The van der Waals surface area contributed by atoms with Gasteiger partial charge in [-0.25, -0.2) is 14.4 Å². The molecular formula is C51H40Cl2N2O9S. The number of methoxy groups -OCH3 is 2. The Hall–Kier alpha value is -6.70. The van der Waals surface area contributed by atoms with Crippen molar-refractivity contribution < 1.29 is 42.8 Å². The van der Waals surface area contributed by atoms with E-state index in [2.05, 4.69) is 5.32 Å². The van der Waals surface area contributed by atoms with Gasteiger partial charge >= 0.3 is 17.9 Å². The number of carbonyl (C=O) groups is 3. The number of halogens is 2. The summed E-state index contributed by atoms with van der Waals surface area (Å²) in [5.41, 5.74) is 4.13. The largest absolute Gasteiger partial charge is 0.495 e. The molecule has 11 nitrogen and oxygen atoms in total. The highest BCUT2D eigenvalue weighted by molar-refractivity contribution is 8.00. The minimum atomic E-state index is -1.33. The van der Waals surface area contributed by atoms with Gasteiger partial charge in [0, 0.05) is 31.8 Å². The Kier molecular flexibility index (Phi) is 12.6. The van der Waals surface area contributed by atoms with Crippen LogP contribution in [-0.2, 0) is 18.9 Å². The van der Waals surface area contributed by atoms with Crippen molar-refractivity contribution in [3.8, 4) is 11.5 Å². The number of fused-ring (bicyclic) bond motifs is 4. The number of aryl methyl sites for hydroxylation is 1. The van der Waals surface area contributed by atoms with E-state index in [9.17, 15) is 14.4 Å². The summed E-state index contributed by atoms with van der Waals surface area (Å²) in [5.74, 6) is -0.983. The van der Waals surface area contributed by atoms with Crippen LogP contribution in [0.5, 0.6) is 11.5 Å². The van der Waals surface area contributed by atoms with Gasteiger partial charge in [0.05, 0.1) is 58.6 Å². The third kappa shape index (κ3) is 8.65. The summed E-state index contributed by atoms with van der Waals surface area (Å²) in [7, 11) is 3.17. The maximum atomic E-state index is 14.3. The molecule has 2 aliphatic rings. The summed E-state index contributed by atoms with van der Waals surface area (Å²) in [6, 6.07) is 42.3. The summed E-state index contributed by atoms with van der Waals surface area (Å²) in [4.78, 5) is 45.2. The quantitative estimate of drug-likeness (QED) is 0.0927. The van der Waals surface area contributed by atoms with Crippen molar-refractivity contribution >= 4 is 86.4 Å². The summed E-state index contributed by atoms with van der Waals surface area (Å²) >= 11 is 14.8. The molecule has 0 aliphatic carbocycles. The second-order valence-electron chi connectivity index (χ2n) is 15.1. The number of hydrogen-bond donors (Lipinski definition) is 1. The number of esters is 3. The average Bonchev–Trinajstić information content (AvgIpc) is 3.66. The number of hydrogen-bond acceptors (Lipinski definition) is 12. The van der Waals surface area contributed by atoms with Crippen molar-refractivity contribution in [1.29, 1.82) is 0 Å². The highest BCUT2D eigenvalue weighted by atomic mass is 35.5. The zero-order chi connectivity index (χ0) is 45.2. The van der Waals surface area contributed by atoms with Gasteiger partial charge in [-0.3, -0.25) is 0 Å². The maximum Gasteiger partial charge on any atom is 0.338 e. The molecule has 7 aromatic carbocycles. The molecule has 0 bridgehead atoms. The van der Waals surface area contributed by atoms with Crippen molar-refractivity contribution in [2.75, 3.05) is 31.0 Å². The summed E-state index contributed by atoms with van der Waals surface area (Å²) in [6.45, 7) is 1.53. The molecule has 0 unspecified atom stereocenters. The van der Waals surface area contributed by atoms with Crippen molar-refractivity contribution in [2.45, 2.75) is 41.3 Å². The number of carbonyl (C=O) groups excluding carboxylic acids is 3. The Labute approximate surface area is 389 Å². The van der Waals surface area contributed by atoms with Crippen molar-refractivity contribution in [1.82, 2.24) is 0 Å². The number of nitrogens with zero attached hydrogens (tertiary/aromatic N) is 1. The lowest BCUT2D eigenvalue weighted by Crippen LogP contribution is -2.47. The SMILES string of the molecule is COc1cc(Cl)c(C)cc1Nc1c2c(c3ccccc3c1OC)N([C@@H]1O[C@H](COC(=O)c3ccccc3)[C@@H](OC(=O)c3ccccc3)[C@H]1OC(=O)c1ccccc1)c1ccc(Cl)cc1S2. The molecule has 0 saturated carbocycles. The first-order chi connectivity index (χ1) is 31.6. The molecule has 4 atom stereocenters. The number of benzene rings is 7. The Morgan fingerprint density at radius 1 is 0.692 bits per heavy atom. The number of anilines is 4. The fourth-order valence-electron chi connectivity index (χ4n) is 8.02. The Morgan fingerprint density at radius 3 is 1.89 bits per heavy atom. The van der Waals surface area contributed by atoms with Gasteiger partial charge in [-0.2, -0.15) is 0 Å². The zero-order valence-electron chi connectivity index (χ0n) is 35.2. The topological polar surface area (TPSA) is 122 Å². The lowest BCUT2D eigenvalue weighted by molar-refractivity contribution is -0.0446. The second-order valence-corrected chi connectivity index (χ2v) is 17.0. The highest BCUT2D eigenvalue weighted by Gasteiger charge is 2.54. The molecule has 0 radical (unpaired) electrons. The van der Waals surface area contributed by atoms with E-state index in [-0.39, 0.29) is 17.7 Å². The Morgan fingerprint density at radius 2 is 1.28 bits per heavy atom. The van der Waals surface area contributed by atoms with Gasteiger partial charge in [0.1, 0.15) is 18.5 Å². The minimum Gasteiger partial charge on any atom is -0.495 e. The molecule has 328 valence electrons. The van der Waals surface area contributed by atoms with E-state index >= 15 is 0 Å². The fraction of sp³-hybridized carbons (Fsp3) is 0.157. The van der Waals surface area contributed by atoms with E-state index in [0.29, 0.717) is 54.8 Å². The lowest BCUT2D eigenvalue weighted by Gasteiger charge is -2.40. The van der Waals surface area contributed by atoms with Crippen LogP contribution in [0.3, 0.4) is 0 Å². The van der Waals surface area contributed by atoms with Crippen LogP contribution in [0.1, 0.15) is 36.6 Å². The molecule has 2 heterocycles. The molecule has 9 rings (SSSR count). The Bertz CT molecular complexity index is 2920. The maximum absolute atomic E-state index is 14.3. The third-order valence-electron chi connectivity index (χ3n) is 11.1. The van der Waals surface area contributed by atoms with E-state index in [1.807, 2.05) is 54.3 Å². The predicted octanol–water partition coefficient (Wildman–Crippen LogP) is 11.9. The standard InChI is InChI=1S/C51H40Cl2N2O9S/c1-29-25-37(39(59-2)27-36(29)53)54-42-44(60-3)35-22-14-13-21-34(35)43-47(42)65-41-26-33(52)23-24-38(41)55(43)48-46(64-51(58)32-19-11-6-12-20-32)45(63-50(57)31-17-9-5-10-18-31)40(62-48)28-61-49(56)30-15-7-4-8-16-30/h4-27,40,45-46,48,54H,28H2,1-3H3/t40-,45-,46-,48-/m1/s1. The monoisotopic (exact) mass is 926 g/mol. The third-order valence-corrected chi connectivity index (χ3v) is 12.9. The van der Waals surface area contributed by atoms with Crippen molar-refractivity contribution in [3.05, 3.63) is 178 Å². The van der Waals surface area contributed by atoms with E-state index in [1.165, 1.54) is 11.8 Å². The van der Waals surface area contributed by atoms with E-state index in [4.69, 9.17) is 51.6 Å².